The maximum atomic E-state index is 11.6. The molecule has 0 unspecified atom stereocenters. The molecule has 3 aromatic rings. The van der Waals surface area contributed by atoms with Crippen molar-refractivity contribution >= 4 is 21.9 Å². The molecule has 0 radical (unpaired) electrons. The van der Waals surface area contributed by atoms with E-state index in [1.54, 1.807) is 0 Å². The number of benzene rings is 1. The fourth-order valence-electron chi connectivity index (χ4n) is 2.41. The molecule has 0 spiro atoms. The molecule has 18 heavy (non-hydrogen) atoms. The van der Waals surface area contributed by atoms with Crippen molar-refractivity contribution in [2.45, 2.75) is 20.5 Å². The zero-order chi connectivity index (χ0) is 12.9. The van der Waals surface area contributed by atoms with Gasteiger partial charge in [0.05, 0.1) is 12.1 Å². The lowest BCUT2D eigenvalue weighted by Crippen LogP contribution is -2.07. The number of furan rings is 1. The Labute approximate surface area is 103 Å². The summed E-state index contributed by atoms with van der Waals surface area (Å²) in [5, 5.41) is 11.1. The maximum absolute atomic E-state index is 11.6. The third-order valence-electron chi connectivity index (χ3n) is 3.18. The van der Waals surface area contributed by atoms with Crippen molar-refractivity contribution in [3.63, 3.8) is 0 Å². The van der Waals surface area contributed by atoms with Gasteiger partial charge in [0.2, 0.25) is 5.56 Å². The molecule has 92 valence electrons. The van der Waals surface area contributed by atoms with Crippen molar-refractivity contribution in [3.05, 3.63) is 45.4 Å². The van der Waals surface area contributed by atoms with Crippen molar-refractivity contribution in [2.75, 3.05) is 0 Å². The monoisotopic (exact) mass is 243 g/mol. The number of aromatic nitrogens is 1. The molecule has 0 bridgehead atoms. The van der Waals surface area contributed by atoms with Gasteiger partial charge < -0.3 is 14.5 Å². The molecular formula is C14H13NO3. The van der Waals surface area contributed by atoms with Gasteiger partial charge in [-0.1, -0.05) is 0 Å². The van der Waals surface area contributed by atoms with Crippen LogP contribution in [0.25, 0.3) is 21.9 Å². The van der Waals surface area contributed by atoms with Gasteiger partial charge in [0.15, 0.2) is 0 Å². The molecule has 4 nitrogen and oxygen atoms in total. The Morgan fingerprint density at radius 3 is 2.72 bits per heavy atom. The minimum absolute atomic E-state index is 0.151. The summed E-state index contributed by atoms with van der Waals surface area (Å²) in [7, 11) is 0. The highest BCUT2D eigenvalue weighted by atomic mass is 16.3. The number of nitrogens with one attached hydrogen (secondary N) is 1. The summed E-state index contributed by atoms with van der Waals surface area (Å²) >= 11 is 0. The number of rotatable bonds is 1. The Balaban J connectivity index is 2.61. The van der Waals surface area contributed by atoms with Crippen LogP contribution in [0, 0.1) is 13.8 Å². The van der Waals surface area contributed by atoms with Crippen LogP contribution in [0.3, 0.4) is 0 Å². The molecule has 0 fully saturated rings. The lowest BCUT2D eigenvalue weighted by atomic mass is 10.0. The molecule has 0 atom stereocenters. The highest BCUT2D eigenvalue weighted by Crippen LogP contribution is 2.30. The summed E-state index contributed by atoms with van der Waals surface area (Å²) in [5.74, 6) is 0.802. The number of H-pyrrole nitrogens is 1. The van der Waals surface area contributed by atoms with Crippen LogP contribution in [0.15, 0.2) is 27.4 Å². The van der Waals surface area contributed by atoms with Crippen LogP contribution in [-0.4, -0.2) is 10.1 Å². The van der Waals surface area contributed by atoms with Crippen molar-refractivity contribution in [1.82, 2.24) is 4.98 Å². The van der Waals surface area contributed by atoms with E-state index in [1.165, 1.54) is 6.07 Å². The first kappa shape index (κ1) is 11.0. The summed E-state index contributed by atoms with van der Waals surface area (Å²) in [6.45, 7) is 3.68. The van der Waals surface area contributed by atoms with Crippen molar-refractivity contribution in [2.24, 2.45) is 0 Å². The molecule has 3 rings (SSSR count). The molecule has 2 aromatic heterocycles. The average Bonchev–Trinajstić information content (AvgIpc) is 2.72. The standard InChI is InChI=1S/C14H13NO3/c1-7-3-10-9(6-16)5-12(17)15-13(10)11-4-8(2)18-14(7)11/h3-5,16H,6H2,1-2H3,(H,15,17). The SMILES string of the molecule is Cc1cc2c(o1)c(C)cc1c(CO)cc(=O)[nH]c12. The number of aliphatic hydroxyl groups is 1. The van der Waals surface area contributed by atoms with Crippen LogP contribution < -0.4 is 5.56 Å². The lowest BCUT2D eigenvalue weighted by molar-refractivity contribution is 0.283. The number of hydrogen-bond donors (Lipinski definition) is 2. The smallest absolute Gasteiger partial charge is 0.248 e. The van der Waals surface area contributed by atoms with E-state index in [0.717, 1.165) is 33.2 Å². The molecule has 0 aliphatic rings. The second kappa shape index (κ2) is 3.71. The molecule has 0 saturated carbocycles. The van der Waals surface area contributed by atoms with E-state index >= 15 is 0 Å². The zero-order valence-corrected chi connectivity index (χ0v) is 10.2. The van der Waals surface area contributed by atoms with E-state index < -0.39 is 0 Å². The third kappa shape index (κ3) is 1.46. The molecule has 0 saturated heterocycles. The second-order valence-corrected chi connectivity index (χ2v) is 4.53. The summed E-state index contributed by atoms with van der Waals surface area (Å²) < 4.78 is 5.64. The van der Waals surface area contributed by atoms with Crippen LogP contribution in [0.4, 0.5) is 0 Å². The van der Waals surface area contributed by atoms with Crippen LogP contribution in [0.1, 0.15) is 16.9 Å². The van der Waals surface area contributed by atoms with Gasteiger partial charge in [0.1, 0.15) is 11.3 Å². The Kier molecular flexibility index (Phi) is 2.28. The predicted octanol–water partition coefficient (Wildman–Crippen LogP) is 2.38. The number of aromatic amines is 1. The molecule has 2 heterocycles. The predicted molar refractivity (Wildman–Crippen MR) is 69.7 cm³/mol. The van der Waals surface area contributed by atoms with Gasteiger partial charge in [-0.3, -0.25) is 4.79 Å². The minimum atomic E-state index is -0.212. The van der Waals surface area contributed by atoms with Crippen molar-refractivity contribution in [3.8, 4) is 0 Å². The molecule has 0 aliphatic heterocycles. The highest BCUT2D eigenvalue weighted by molar-refractivity contribution is 6.05. The summed E-state index contributed by atoms with van der Waals surface area (Å²) in [4.78, 5) is 14.4. The Bertz CT molecular complexity index is 811. The highest BCUT2D eigenvalue weighted by Gasteiger charge is 2.12. The number of pyridine rings is 1. The van der Waals surface area contributed by atoms with Gasteiger partial charge in [0.25, 0.3) is 0 Å². The van der Waals surface area contributed by atoms with Gasteiger partial charge in [-0.2, -0.15) is 0 Å². The normalized spacial score (nSPS) is 11.5. The number of aliphatic hydroxyl groups excluding tert-OH is 1. The molecule has 0 amide bonds. The van der Waals surface area contributed by atoms with Gasteiger partial charge >= 0.3 is 0 Å². The zero-order valence-electron chi connectivity index (χ0n) is 10.2. The van der Waals surface area contributed by atoms with E-state index in [9.17, 15) is 9.90 Å². The first-order valence-corrected chi connectivity index (χ1v) is 5.76. The quantitative estimate of drug-likeness (QED) is 0.689. The van der Waals surface area contributed by atoms with Gasteiger partial charge in [-0.15, -0.1) is 0 Å². The second-order valence-electron chi connectivity index (χ2n) is 4.53. The van der Waals surface area contributed by atoms with Crippen LogP contribution in [0.5, 0.6) is 0 Å². The Hall–Kier alpha value is -2.07. The Morgan fingerprint density at radius 1 is 1.22 bits per heavy atom. The van der Waals surface area contributed by atoms with Gasteiger partial charge in [-0.05, 0) is 37.1 Å². The molecular weight excluding hydrogens is 230 g/mol. The lowest BCUT2D eigenvalue weighted by Gasteiger charge is -2.06. The van der Waals surface area contributed by atoms with E-state index in [0.29, 0.717) is 5.56 Å². The van der Waals surface area contributed by atoms with Crippen molar-refractivity contribution < 1.29 is 9.52 Å². The summed E-state index contributed by atoms with van der Waals surface area (Å²) in [6.07, 6.45) is 0. The van der Waals surface area contributed by atoms with E-state index in [-0.39, 0.29) is 12.2 Å². The number of aryl methyl sites for hydroxylation is 2. The van der Waals surface area contributed by atoms with Crippen LogP contribution in [0.2, 0.25) is 0 Å². The molecule has 0 aliphatic carbocycles. The minimum Gasteiger partial charge on any atom is -0.461 e. The largest absolute Gasteiger partial charge is 0.461 e. The third-order valence-corrected chi connectivity index (χ3v) is 3.18. The topological polar surface area (TPSA) is 66.2 Å². The molecule has 4 heteroatoms. The van der Waals surface area contributed by atoms with Crippen LogP contribution >= 0.6 is 0 Å². The fraction of sp³-hybridized carbons (Fsp3) is 0.214. The number of fused-ring (bicyclic) bond motifs is 3. The Morgan fingerprint density at radius 2 is 2.00 bits per heavy atom. The van der Waals surface area contributed by atoms with Gasteiger partial charge in [-0.25, -0.2) is 0 Å². The van der Waals surface area contributed by atoms with Crippen LogP contribution in [-0.2, 0) is 6.61 Å². The van der Waals surface area contributed by atoms with E-state index in [1.807, 2.05) is 26.0 Å². The first-order valence-electron chi connectivity index (χ1n) is 5.76. The van der Waals surface area contributed by atoms with E-state index in [4.69, 9.17) is 4.42 Å². The maximum Gasteiger partial charge on any atom is 0.248 e. The average molecular weight is 243 g/mol. The van der Waals surface area contributed by atoms with E-state index in [2.05, 4.69) is 4.98 Å². The van der Waals surface area contributed by atoms with Crippen molar-refractivity contribution in [1.29, 1.82) is 0 Å². The fourth-order valence-corrected chi connectivity index (χ4v) is 2.41. The molecule has 1 aromatic carbocycles. The van der Waals surface area contributed by atoms with Gasteiger partial charge in [0, 0.05) is 16.8 Å². The number of hydrogen-bond acceptors (Lipinski definition) is 3. The summed E-state index contributed by atoms with van der Waals surface area (Å²) in [6, 6.07) is 5.27. The summed E-state index contributed by atoms with van der Waals surface area (Å²) in [5.41, 5.74) is 2.93. The first-order chi connectivity index (χ1) is 8.60. The molecule has 2 N–H and O–H groups in total.